The van der Waals surface area contributed by atoms with Crippen molar-refractivity contribution in [2.75, 3.05) is 39.9 Å². The minimum Gasteiger partial charge on any atom is -0.379 e. The van der Waals surface area contributed by atoms with Crippen LogP contribution in [0, 0.1) is 5.92 Å². The molecule has 1 unspecified atom stereocenters. The number of aliphatic imine (C=N–C) groups is 1. The molecule has 0 aromatic rings. The standard InChI is InChI=1S/C14H28N4O.HI/c1-11(2)13(18-6-8-19-9-7-18)10-16-14(15)17(3)12-4-5-12;/h11-13H,4-10H2,1-3H3,(H2,15,16);1H. The van der Waals surface area contributed by atoms with Crippen molar-refractivity contribution in [1.82, 2.24) is 9.80 Å². The van der Waals surface area contributed by atoms with E-state index in [1.165, 1.54) is 12.8 Å². The van der Waals surface area contributed by atoms with E-state index in [0.717, 1.165) is 32.8 Å². The predicted octanol–water partition coefficient (Wildman–Crippen LogP) is 1.37. The van der Waals surface area contributed by atoms with E-state index in [1.54, 1.807) is 0 Å². The van der Waals surface area contributed by atoms with Crippen molar-refractivity contribution >= 4 is 29.9 Å². The monoisotopic (exact) mass is 396 g/mol. The second-order valence-electron chi connectivity index (χ2n) is 6.00. The molecule has 1 aliphatic carbocycles. The van der Waals surface area contributed by atoms with Gasteiger partial charge in [0, 0.05) is 32.2 Å². The summed E-state index contributed by atoms with van der Waals surface area (Å²) in [6.07, 6.45) is 2.51. The first-order valence-corrected chi connectivity index (χ1v) is 7.44. The van der Waals surface area contributed by atoms with Gasteiger partial charge in [0.2, 0.25) is 0 Å². The molecule has 118 valence electrons. The van der Waals surface area contributed by atoms with Crippen LogP contribution in [0.2, 0.25) is 0 Å². The molecule has 6 heteroatoms. The summed E-state index contributed by atoms with van der Waals surface area (Å²) in [5, 5.41) is 0. The lowest BCUT2D eigenvalue weighted by atomic mass is 10.0. The molecule has 1 saturated heterocycles. The van der Waals surface area contributed by atoms with Crippen molar-refractivity contribution < 1.29 is 4.74 Å². The molecular weight excluding hydrogens is 367 g/mol. The Morgan fingerprint density at radius 2 is 1.95 bits per heavy atom. The minimum absolute atomic E-state index is 0. The van der Waals surface area contributed by atoms with Crippen molar-refractivity contribution in [3.63, 3.8) is 0 Å². The van der Waals surface area contributed by atoms with Gasteiger partial charge in [0.25, 0.3) is 0 Å². The van der Waals surface area contributed by atoms with Gasteiger partial charge < -0.3 is 15.4 Å². The number of nitrogens with zero attached hydrogens (tertiary/aromatic N) is 3. The van der Waals surface area contributed by atoms with Crippen LogP contribution in [0.15, 0.2) is 4.99 Å². The zero-order chi connectivity index (χ0) is 13.8. The molecule has 2 N–H and O–H groups in total. The maximum absolute atomic E-state index is 6.07. The summed E-state index contributed by atoms with van der Waals surface area (Å²) in [5.41, 5.74) is 6.07. The van der Waals surface area contributed by atoms with Crippen molar-refractivity contribution in [1.29, 1.82) is 0 Å². The highest BCUT2D eigenvalue weighted by molar-refractivity contribution is 14.0. The molecule has 5 nitrogen and oxygen atoms in total. The maximum Gasteiger partial charge on any atom is 0.191 e. The Kier molecular flexibility index (Phi) is 7.53. The van der Waals surface area contributed by atoms with Crippen molar-refractivity contribution in [3.8, 4) is 0 Å². The smallest absolute Gasteiger partial charge is 0.191 e. The molecule has 0 aromatic heterocycles. The summed E-state index contributed by atoms with van der Waals surface area (Å²) in [6.45, 7) is 9.01. The highest BCUT2D eigenvalue weighted by Gasteiger charge is 2.28. The molecule has 0 radical (unpaired) electrons. The fourth-order valence-corrected chi connectivity index (χ4v) is 2.60. The molecule has 0 aromatic carbocycles. The fourth-order valence-electron chi connectivity index (χ4n) is 2.60. The first-order chi connectivity index (χ1) is 9.09. The normalized spacial score (nSPS) is 22.5. The lowest BCUT2D eigenvalue weighted by molar-refractivity contribution is 0.00864. The molecule has 1 saturated carbocycles. The maximum atomic E-state index is 6.07. The average molecular weight is 396 g/mol. The molecule has 1 heterocycles. The van der Waals surface area contributed by atoms with E-state index in [9.17, 15) is 0 Å². The molecule has 2 aliphatic rings. The zero-order valence-electron chi connectivity index (χ0n) is 12.9. The highest BCUT2D eigenvalue weighted by Crippen LogP contribution is 2.25. The number of nitrogens with two attached hydrogens (primary N) is 1. The van der Waals surface area contributed by atoms with Crippen molar-refractivity contribution in [3.05, 3.63) is 0 Å². The first kappa shape index (κ1) is 18.0. The van der Waals surface area contributed by atoms with Gasteiger partial charge >= 0.3 is 0 Å². The lowest BCUT2D eigenvalue weighted by Gasteiger charge is -2.36. The fraction of sp³-hybridized carbons (Fsp3) is 0.929. The molecule has 0 bridgehead atoms. The summed E-state index contributed by atoms with van der Waals surface area (Å²) in [6, 6.07) is 1.10. The van der Waals surface area contributed by atoms with E-state index >= 15 is 0 Å². The zero-order valence-corrected chi connectivity index (χ0v) is 15.2. The Morgan fingerprint density at radius 3 is 2.45 bits per heavy atom. The predicted molar refractivity (Wildman–Crippen MR) is 93.7 cm³/mol. The molecule has 1 atom stereocenters. The third kappa shape index (κ3) is 5.04. The summed E-state index contributed by atoms with van der Waals surface area (Å²) in [5.74, 6) is 1.28. The van der Waals surface area contributed by atoms with Gasteiger partial charge in [-0.2, -0.15) is 0 Å². The SMILES string of the molecule is CC(C)C(CN=C(N)N(C)C1CC1)N1CCOCC1.I. The Labute approximate surface area is 139 Å². The minimum atomic E-state index is 0. The third-order valence-electron chi connectivity index (χ3n) is 4.18. The Hall–Kier alpha value is -0.0800. The van der Waals surface area contributed by atoms with E-state index in [4.69, 9.17) is 10.5 Å². The summed E-state index contributed by atoms with van der Waals surface area (Å²) in [7, 11) is 2.05. The summed E-state index contributed by atoms with van der Waals surface area (Å²) in [4.78, 5) is 9.23. The quantitative estimate of drug-likeness (QED) is 0.433. The molecule has 0 amide bonds. The van der Waals surface area contributed by atoms with Gasteiger partial charge in [-0.05, 0) is 18.8 Å². The Morgan fingerprint density at radius 1 is 1.35 bits per heavy atom. The largest absolute Gasteiger partial charge is 0.379 e. The van der Waals surface area contributed by atoms with Crippen LogP contribution in [0.5, 0.6) is 0 Å². The number of hydrogen-bond acceptors (Lipinski definition) is 3. The van der Waals surface area contributed by atoms with Gasteiger partial charge in [0.1, 0.15) is 0 Å². The van der Waals surface area contributed by atoms with E-state index in [1.807, 2.05) is 0 Å². The van der Waals surface area contributed by atoms with Crippen LogP contribution in [0.1, 0.15) is 26.7 Å². The molecule has 20 heavy (non-hydrogen) atoms. The number of rotatable bonds is 5. The van der Waals surface area contributed by atoms with Gasteiger partial charge in [-0.3, -0.25) is 9.89 Å². The Bertz CT molecular complexity index is 314. The molecule has 2 fully saturated rings. The van der Waals surface area contributed by atoms with E-state index in [-0.39, 0.29) is 24.0 Å². The molecule has 2 rings (SSSR count). The van der Waals surface area contributed by atoms with Gasteiger partial charge in [-0.25, -0.2) is 0 Å². The second kappa shape index (κ2) is 8.38. The number of morpholine rings is 1. The molecule has 0 spiro atoms. The van der Waals surface area contributed by atoms with E-state index in [2.05, 4.69) is 35.7 Å². The van der Waals surface area contributed by atoms with Crippen LogP contribution >= 0.6 is 24.0 Å². The van der Waals surface area contributed by atoms with E-state index in [0.29, 0.717) is 24.0 Å². The van der Waals surface area contributed by atoms with Crippen LogP contribution < -0.4 is 5.73 Å². The topological polar surface area (TPSA) is 54.1 Å². The van der Waals surface area contributed by atoms with Gasteiger partial charge in [0.15, 0.2) is 5.96 Å². The van der Waals surface area contributed by atoms with Crippen LogP contribution in [-0.4, -0.2) is 67.7 Å². The van der Waals surface area contributed by atoms with Crippen molar-refractivity contribution in [2.24, 2.45) is 16.6 Å². The first-order valence-electron chi connectivity index (χ1n) is 7.44. The van der Waals surface area contributed by atoms with Crippen molar-refractivity contribution in [2.45, 2.75) is 38.8 Å². The number of hydrogen-bond donors (Lipinski definition) is 1. The second-order valence-corrected chi connectivity index (χ2v) is 6.00. The van der Waals surface area contributed by atoms with Gasteiger partial charge in [-0.1, -0.05) is 13.8 Å². The molecular formula is C14H29IN4O. The molecule has 1 aliphatic heterocycles. The van der Waals surface area contributed by atoms with Crippen LogP contribution in [-0.2, 0) is 4.74 Å². The van der Waals surface area contributed by atoms with Crippen LogP contribution in [0.4, 0.5) is 0 Å². The summed E-state index contributed by atoms with van der Waals surface area (Å²) >= 11 is 0. The highest BCUT2D eigenvalue weighted by atomic mass is 127. The number of ether oxygens (including phenoxy) is 1. The third-order valence-corrected chi connectivity index (χ3v) is 4.18. The summed E-state index contributed by atoms with van der Waals surface area (Å²) < 4.78 is 5.42. The number of guanidine groups is 1. The van der Waals surface area contributed by atoms with Crippen LogP contribution in [0.3, 0.4) is 0 Å². The van der Waals surface area contributed by atoms with Gasteiger partial charge in [-0.15, -0.1) is 24.0 Å². The lowest BCUT2D eigenvalue weighted by Crippen LogP contribution is -2.48. The van der Waals surface area contributed by atoms with E-state index < -0.39 is 0 Å². The average Bonchev–Trinajstić information content (AvgIpc) is 3.23. The van der Waals surface area contributed by atoms with Gasteiger partial charge in [0.05, 0.1) is 19.8 Å². The number of halogens is 1. The van der Waals surface area contributed by atoms with Crippen LogP contribution in [0.25, 0.3) is 0 Å². The Balaban J connectivity index is 0.00000200.